The summed E-state index contributed by atoms with van der Waals surface area (Å²) in [5.41, 5.74) is 0. The maximum Gasteiger partial charge on any atom is 0.307 e. The summed E-state index contributed by atoms with van der Waals surface area (Å²) in [6.07, 6.45) is 5.33. The van der Waals surface area contributed by atoms with Crippen molar-refractivity contribution >= 4 is 5.97 Å². The molecule has 3 nitrogen and oxygen atoms in total. The summed E-state index contributed by atoms with van der Waals surface area (Å²) in [7, 11) is 2.05. The molecular weight excluding hydrogens is 226 g/mol. The van der Waals surface area contributed by atoms with Gasteiger partial charge in [0.15, 0.2) is 0 Å². The Kier molecular flexibility index (Phi) is 6.13. The highest BCUT2D eigenvalue weighted by molar-refractivity contribution is 5.69. The van der Waals surface area contributed by atoms with Crippen molar-refractivity contribution in [2.75, 3.05) is 20.1 Å². The van der Waals surface area contributed by atoms with Crippen molar-refractivity contribution in [3.8, 4) is 0 Å². The van der Waals surface area contributed by atoms with Crippen LogP contribution in [0.15, 0.2) is 0 Å². The minimum absolute atomic E-state index is 0.262. The molecule has 0 bridgehead atoms. The molecule has 0 saturated heterocycles. The van der Waals surface area contributed by atoms with Crippen LogP contribution in [-0.2, 0) is 4.79 Å². The first-order valence-corrected chi connectivity index (χ1v) is 7.31. The predicted molar refractivity (Wildman–Crippen MR) is 74.6 cm³/mol. The van der Waals surface area contributed by atoms with E-state index in [0.717, 1.165) is 24.3 Å². The van der Waals surface area contributed by atoms with Crippen LogP contribution in [0.1, 0.15) is 46.5 Å². The van der Waals surface area contributed by atoms with E-state index in [-0.39, 0.29) is 5.92 Å². The van der Waals surface area contributed by atoms with Gasteiger partial charge in [0.05, 0.1) is 5.92 Å². The average Bonchev–Trinajstić information content (AvgIpc) is 2.29. The number of carboxylic acid groups (broad SMARTS) is 1. The molecule has 1 rings (SSSR count). The van der Waals surface area contributed by atoms with Crippen molar-refractivity contribution in [1.29, 1.82) is 0 Å². The lowest BCUT2D eigenvalue weighted by atomic mass is 9.77. The first-order valence-electron chi connectivity index (χ1n) is 7.31. The minimum Gasteiger partial charge on any atom is -0.481 e. The third-order valence-electron chi connectivity index (χ3n) is 4.41. The monoisotopic (exact) mass is 255 g/mol. The van der Waals surface area contributed by atoms with Crippen molar-refractivity contribution in [2.45, 2.75) is 46.5 Å². The molecule has 3 heteroatoms. The van der Waals surface area contributed by atoms with E-state index in [1.807, 2.05) is 7.05 Å². The van der Waals surface area contributed by atoms with E-state index in [0.29, 0.717) is 6.54 Å². The fourth-order valence-electron chi connectivity index (χ4n) is 3.10. The molecule has 0 aromatic heterocycles. The lowest BCUT2D eigenvalue weighted by molar-refractivity contribution is -0.141. The molecule has 1 fully saturated rings. The maximum absolute atomic E-state index is 10.8. The number of carbonyl (C=O) groups is 1. The van der Waals surface area contributed by atoms with E-state index in [2.05, 4.69) is 18.7 Å². The standard InChI is InChI=1S/C15H29NO2/c1-11(2)14-7-5-13(6-8-14)10-16(4)9-12(3)15(17)18/h11-14H,5-10H2,1-4H3,(H,17,18). The van der Waals surface area contributed by atoms with Gasteiger partial charge in [0.25, 0.3) is 0 Å². The molecule has 106 valence electrons. The molecule has 1 aliphatic rings. The van der Waals surface area contributed by atoms with Crippen LogP contribution in [-0.4, -0.2) is 36.1 Å². The quantitative estimate of drug-likeness (QED) is 0.793. The lowest BCUT2D eigenvalue weighted by Crippen LogP contribution is -2.34. The summed E-state index contributed by atoms with van der Waals surface area (Å²) >= 11 is 0. The second kappa shape index (κ2) is 7.13. The Morgan fingerprint density at radius 2 is 1.78 bits per heavy atom. The number of hydrogen-bond donors (Lipinski definition) is 1. The van der Waals surface area contributed by atoms with Gasteiger partial charge in [-0.25, -0.2) is 0 Å². The summed E-state index contributed by atoms with van der Waals surface area (Å²) in [5, 5.41) is 8.91. The highest BCUT2D eigenvalue weighted by atomic mass is 16.4. The van der Waals surface area contributed by atoms with Crippen LogP contribution < -0.4 is 0 Å². The van der Waals surface area contributed by atoms with Gasteiger partial charge in [0, 0.05) is 13.1 Å². The molecular formula is C15H29NO2. The third kappa shape index (κ3) is 4.97. The normalized spacial score (nSPS) is 26.6. The summed E-state index contributed by atoms with van der Waals surface area (Å²) in [6.45, 7) is 8.16. The smallest absolute Gasteiger partial charge is 0.307 e. The molecule has 1 unspecified atom stereocenters. The molecule has 1 N–H and O–H groups in total. The van der Waals surface area contributed by atoms with E-state index < -0.39 is 5.97 Å². The summed E-state index contributed by atoms with van der Waals surface area (Å²) < 4.78 is 0. The van der Waals surface area contributed by atoms with Crippen LogP contribution in [0.3, 0.4) is 0 Å². The molecule has 1 atom stereocenters. The molecule has 0 amide bonds. The Bertz CT molecular complexity index is 257. The number of carboxylic acids is 1. The van der Waals surface area contributed by atoms with Crippen LogP contribution in [0.4, 0.5) is 0 Å². The topological polar surface area (TPSA) is 40.5 Å². The number of nitrogens with zero attached hydrogens (tertiary/aromatic N) is 1. The summed E-state index contributed by atoms with van der Waals surface area (Å²) in [5.74, 6) is 1.54. The van der Waals surface area contributed by atoms with Gasteiger partial charge in [-0.15, -0.1) is 0 Å². The summed E-state index contributed by atoms with van der Waals surface area (Å²) in [4.78, 5) is 13.0. The van der Waals surface area contributed by atoms with Gasteiger partial charge in [-0.1, -0.05) is 20.8 Å². The first kappa shape index (κ1) is 15.5. The zero-order valence-corrected chi connectivity index (χ0v) is 12.4. The van der Waals surface area contributed by atoms with Crippen molar-refractivity contribution in [2.24, 2.45) is 23.7 Å². The second-order valence-electron chi connectivity index (χ2n) is 6.49. The van der Waals surface area contributed by atoms with Crippen LogP contribution in [0.25, 0.3) is 0 Å². The third-order valence-corrected chi connectivity index (χ3v) is 4.41. The van der Waals surface area contributed by atoms with Gasteiger partial charge in [-0.05, 0) is 50.5 Å². The molecule has 0 heterocycles. The zero-order valence-electron chi connectivity index (χ0n) is 12.4. The van der Waals surface area contributed by atoms with Crippen LogP contribution in [0.2, 0.25) is 0 Å². The average molecular weight is 255 g/mol. The van der Waals surface area contributed by atoms with E-state index >= 15 is 0 Å². The Hall–Kier alpha value is -0.570. The number of aliphatic carboxylic acids is 1. The number of rotatable bonds is 6. The Morgan fingerprint density at radius 3 is 2.22 bits per heavy atom. The molecule has 0 aliphatic heterocycles. The molecule has 0 spiro atoms. The van der Waals surface area contributed by atoms with Gasteiger partial charge >= 0.3 is 5.97 Å². The molecule has 1 saturated carbocycles. The highest BCUT2D eigenvalue weighted by Crippen LogP contribution is 2.33. The largest absolute Gasteiger partial charge is 0.481 e. The van der Waals surface area contributed by atoms with Gasteiger partial charge in [0.2, 0.25) is 0 Å². The highest BCUT2D eigenvalue weighted by Gasteiger charge is 2.24. The van der Waals surface area contributed by atoms with Crippen LogP contribution in [0.5, 0.6) is 0 Å². The van der Waals surface area contributed by atoms with Gasteiger partial charge in [0.1, 0.15) is 0 Å². The Labute approximate surface area is 112 Å². The van der Waals surface area contributed by atoms with Crippen LogP contribution in [0, 0.1) is 23.7 Å². The van der Waals surface area contributed by atoms with Gasteiger partial charge in [-0.3, -0.25) is 4.79 Å². The van der Waals surface area contributed by atoms with Gasteiger partial charge in [-0.2, -0.15) is 0 Å². The van der Waals surface area contributed by atoms with Crippen LogP contribution >= 0.6 is 0 Å². The van der Waals surface area contributed by atoms with Crippen molar-refractivity contribution in [3.05, 3.63) is 0 Å². The minimum atomic E-state index is -0.689. The van der Waals surface area contributed by atoms with E-state index in [1.165, 1.54) is 25.7 Å². The van der Waals surface area contributed by atoms with E-state index in [1.54, 1.807) is 6.92 Å². The number of hydrogen-bond acceptors (Lipinski definition) is 2. The van der Waals surface area contributed by atoms with Crippen molar-refractivity contribution in [3.63, 3.8) is 0 Å². The second-order valence-corrected chi connectivity index (χ2v) is 6.49. The SMILES string of the molecule is CC(CN(C)CC1CCC(C(C)C)CC1)C(=O)O. The molecule has 0 aromatic rings. The Morgan fingerprint density at radius 1 is 1.22 bits per heavy atom. The van der Waals surface area contributed by atoms with E-state index in [4.69, 9.17) is 5.11 Å². The summed E-state index contributed by atoms with van der Waals surface area (Å²) in [6, 6.07) is 0. The molecule has 1 aliphatic carbocycles. The lowest BCUT2D eigenvalue weighted by Gasteiger charge is -2.33. The predicted octanol–water partition coefficient (Wildman–Crippen LogP) is 3.10. The van der Waals surface area contributed by atoms with Crippen molar-refractivity contribution in [1.82, 2.24) is 4.90 Å². The Balaban J connectivity index is 2.26. The fourth-order valence-corrected chi connectivity index (χ4v) is 3.10. The molecule has 0 radical (unpaired) electrons. The van der Waals surface area contributed by atoms with Crippen molar-refractivity contribution < 1.29 is 9.90 Å². The molecule has 0 aromatic carbocycles. The fraction of sp³-hybridized carbons (Fsp3) is 0.933. The maximum atomic E-state index is 10.8. The zero-order chi connectivity index (χ0) is 13.7. The molecule has 18 heavy (non-hydrogen) atoms. The van der Waals surface area contributed by atoms with E-state index in [9.17, 15) is 4.79 Å². The van der Waals surface area contributed by atoms with Gasteiger partial charge < -0.3 is 10.0 Å². The first-order chi connectivity index (χ1) is 8.40.